The minimum atomic E-state index is -0.299. The Morgan fingerprint density at radius 1 is 1.14 bits per heavy atom. The second kappa shape index (κ2) is 7.31. The fourth-order valence-electron chi connectivity index (χ4n) is 2.61. The first-order valence-corrected chi connectivity index (χ1v) is 7.76. The van der Waals surface area contributed by atoms with Gasteiger partial charge in [-0.1, -0.05) is 26.7 Å². The van der Waals surface area contributed by atoms with Crippen LogP contribution in [0.15, 0.2) is 18.6 Å². The number of rotatable bonds is 2. The number of nitrogens with one attached hydrogen (secondary N) is 1. The number of fused-ring (bicyclic) bond motifs is 1. The van der Waals surface area contributed by atoms with E-state index in [-0.39, 0.29) is 12.1 Å². The Bertz CT molecular complexity index is 587. The molecule has 0 aliphatic heterocycles. The molecule has 2 heterocycles. The Kier molecular flexibility index (Phi) is 5.44. The summed E-state index contributed by atoms with van der Waals surface area (Å²) in [6.45, 7) is 5.99. The van der Waals surface area contributed by atoms with E-state index in [4.69, 9.17) is 0 Å². The molecule has 2 aromatic heterocycles. The number of anilines is 1. The lowest BCUT2D eigenvalue weighted by atomic mass is 9.93. The van der Waals surface area contributed by atoms with Gasteiger partial charge in [0.1, 0.15) is 0 Å². The van der Waals surface area contributed by atoms with Crippen molar-refractivity contribution in [3.8, 4) is 0 Å². The summed E-state index contributed by atoms with van der Waals surface area (Å²) in [5.74, 6) is 0.591. The first-order chi connectivity index (χ1) is 10.2. The first kappa shape index (κ1) is 15.6. The third-order valence-corrected chi connectivity index (χ3v) is 3.72. The quantitative estimate of drug-likeness (QED) is 0.888. The summed E-state index contributed by atoms with van der Waals surface area (Å²) in [5, 5.41) is 14.2. The predicted octanol–water partition coefficient (Wildman–Crippen LogP) is 3.07. The molecule has 0 amide bonds. The molecule has 2 N–H and O–H groups in total. The van der Waals surface area contributed by atoms with Crippen molar-refractivity contribution in [1.82, 2.24) is 15.0 Å². The molecule has 0 aromatic carbocycles. The lowest BCUT2D eigenvalue weighted by molar-refractivity contribution is 0.116. The first-order valence-electron chi connectivity index (χ1n) is 7.76. The summed E-state index contributed by atoms with van der Waals surface area (Å²) in [7, 11) is 0. The molecule has 1 aliphatic carbocycles. The summed E-state index contributed by atoms with van der Waals surface area (Å²) in [6.07, 6.45) is 9.11. The van der Waals surface area contributed by atoms with Crippen LogP contribution in [0.25, 0.3) is 10.9 Å². The van der Waals surface area contributed by atoms with Crippen LogP contribution in [0.1, 0.15) is 45.1 Å². The molecule has 2 atom stereocenters. The van der Waals surface area contributed by atoms with Gasteiger partial charge in [0.15, 0.2) is 0 Å². The number of pyridine rings is 1. The second-order valence-electron chi connectivity index (χ2n) is 5.19. The van der Waals surface area contributed by atoms with E-state index < -0.39 is 0 Å². The van der Waals surface area contributed by atoms with Crippen LogP contribution < -0.4 is 5.32 Å². The van der Waals surface area contributed by atoms with E-state index in [2.05, 4.69) is 20.3 Å². The normalized spacial score (nSPS) is 21.5. The highest BCUT2D eigenvalue weighted by Gasteiger charge is 2.23. The Morgan fingerprint density at radius 2 is 1.90 bits per heavy atom. The minimum absolute atomic E-state index is 0.0633. The highest BCUT2D eigenvalue weighted by atomic mass is 16.3. The Balaban J connectivity index is 0.000000774. The lowest BCUT2D eigenvalue weighted by Gasteiger charge is -2.28. The molecule has 5 heteroatoms. The SMILES string of the molecule is CC.Cc1cncc2cnc(NC3CCCCC3O)nc12. The summed E-state index contributed by atoms with van der Waals surface area (Å²) in [5.41, 5.74) is 1.95. The summed E-state index contributed by atoms with van der Waals surface area (Å²) in [6, 6.07) is 0.0633. The average Bonchev–Trinajstić information content (AvgIpc) is 2.52. The zero-order chi connectivity index (χ0) is 15.2. The van der Waals surface area contributed by atoms with Crippen molar-refractivity contribution in [2.45, 2.75) is 58.6 Å². The minimum Gasteiger partial charge on any atom is -0.391 e. The standard InChI is InChI=1S/C14H18N4O.C2H6/c1-9-6-15-7-10-8-16-14(18-13(9)10)17-11-4-2-3-5-12(11)19;1-2/h6-8,11-12,19H,2-5H2,1H3,(H,16,17,18);1-2H3. The zero-order valence-electron chi connectivity index (χ0n) is 13.0. The molecule has 0 saturated heterocycles. The monoisotopic (exact) mass is 288 g/mol. The van der Waals surface area contributed by atoms with Crippen LogP contribution in [0.2, 0.25) is 0 Å². The van der Waals surface area contributed by atoms with E-state index in [9.17, 15) is 5.11 Å². The number of hydrogen-bond acceptors (Lipinski definition) is 5. The van der Waals surface area contributed by atoms with Crippen molar-refractivity contribution in [2.75, 3.05) is 5.32 Å². The van der Waals surface area contributed by atoms with Gasteiger partial charge >= 0.3 is 0 Å². The van der Waals surface area contributed by atoms with Gasteiger partial charge in [0.2, 0.25) is 5.95 Å². The smallest absolute Gasteiger partial charge is 0.223 e. The van der Waals surface area contributed by atoms with Crippen LogP contribution in [0.5, 0.6) is 0 Å². The van der Waals surface area contributed by atoms with Crippen LogP contribution in [0.3, 0.4) is 0 Å². The fraction of sp³-hybridized carbons (Fsp3) is 0.562. The van der Waals surface area contributed by atoms with Crippen molar-refractivity contribution in [2.24, 2.45) is 0 Å². The fourth-order valence-corrected chi connectivity index (χ4v) is 2.61. The molecule has 2 unspecified atom stereocenters. The molecule has 0 spiro atoms. The number of aliphatic hydroxyl groups is 1. The van der Waals surface area contributed by atoms with Gasteiger partial charge in [-0.3, -0.25) is 4.98 Å². The van der Waals surface area contributed by atoms with E-state index in [1.165, 1.54) is 0 Å². The van der Waals surface area contributed by atoms with Gasteiger partial charge < -0.3 is 10.4 Å². The van der Waals surface area contributed by atoms with E-state index in [0.717, 1.165) is 42.1 Å². The van der Waals surface area contributed by atoms with Crippen molar-refractivity contribution >= 4 is 16.9 Å². The van der Waals surface area contributed by atoms with Crippen LogP contribution >= 0.6 is 0 Å². The number of nitrogens with zero attached hydrogens (tertiary/aromatic N) is 3. The highest BCUT2D eigenvalue weighted by Crippen LogP contribution is 2.22. The third-order valence-electron chi connectivity index (χ3n) is 3.72. The molecule has 0 bridgehead atoms. The van der Waals surface area contributed by atoms with E-state index >= 15 is 0 Å². The number of aromatic nitrogens is 3. The second-order valence-corrected chi connectivity index (χ2v) is 5.19. The maximum atomic E-state index is 9.97. The van der Waals surface area contributed by atoms with Crippen LogP contribution in [-0.2, 0) is 0 Å². The molecule has 2 aromatic rings. The molecule has 1 aliphatic rings. The molecular formula is C16H24N4O. The van der Waals surface area contributed by atoms with Gasteiger partial charge in [-0.2, -0.15) is 0 Å². The van der Waals surface area contributed by atoms with Crippen molar-refractivity contribution in [3.05, 3.63) is 24.2 Å². The Morgan fingerprint density at radius 3 is 2.67 bits per heavy atom. The van der Waals surface area contributed by atoms with Gasteiger partial charge in [0, 0.05) is 24.0 Å². The molecule has 0 radical (unpaired) electrons. The average molecular weight is 288 g/mol. The molecule has 1 saturated carbocycles. The van der Waals surface area contributed by atoms with Gasteiger partial charge in [-0.25, -0.2) is 9.97 Å². The van der Waals surface area contributed by atoms with Gasteiger partial charge in [-0.15, -0.1) is 0 Å². The number of hydrogen-bond donors (Lipinski definition) is 2. The molecule has 21 heavy (non-hydrogen) atoms. The molecule has 3 rings (SSSR count). The zero-order valence-corrected chi connectivity index (χ0v) is 13.0. The Hall–Kier alpha value is -1.75. The molecule has 5 nitrogen and oxygen atoms in total. The van der Waals surface area contributed by atoms with Gasteiger partial charge in [-0.05, 0) is 25.3 Å². The summed E-state index contributed by atoms with van der Waals surface area (Å²) >= 11 is 0. The number of aryl methyl sites for hydroxylation is 1. The third kappa shape index (κ3) is 3.67. The van der Waals surface area contributed by atoms with Crippen molar-refractivity contribution < 1.29 is 5.11 Å². The Labute approximate surface area is 125 Å². The molecule has 114 valence electrons. The van der Waals surface area contributed by atoms with Gasteiger partial charge in [0.05, 0.1) is 17.7 Å². The maximum Gasteiger partial charge on any atom is 0.223 e. The van der Waals surface area contributed by atoms with E-state index in [1.54, 1.807) is 18.6 Å². The van der Waals surface area contributed by atoms with Gasteiger partial charge in [0.25, 0.3) is 0 Å². The molecule has 1 fully saturated rings. The predicted molar refractivity (Wildman–Crippen MR) is 85.3 cm³/mol. The van der Waals surface area contributed by atoms with Crippen molar-refractivity contribution in [1.29, 1.82) is 0 Å². The topological polar surface area (TPSA) is 70.9 Å². The van der Waals surface area contributed by atoms with E-state index in [1.807, 2.05) is 20.8 Å². The number of aliphatic hydroxyl groups excluding tert-OH is 1. The summed E-state index contributed by atoms with van der Waals surface area (Å²) < 4.78 is 0. The maximum absolute atomic E-state index is 9.97. The summed E-state index contributed by atoms with van der Waals surface area (Å²) in [4.78, 5) is 13.0. The molecular weight excluding hydrogens is 264 g/mol. The highest BCUT2D eigenvalue weighted by molar-refractivity contribution is 5.80. The van der Waals surface area contributed by atoms with Crippen LogP contribution in [0.4, 0.5) is 5.95 Å². The van der Waals surface area contributed by atoms with E-state index in [0.29, 0.717) is 5.95 Å². The van der Waals surface area contributed by atoms with Crippen molar-refractivity contribution in [3.63, 3.8) is 0 Å². The van der Waals surface area contributed by atoms with Crippen LogP contribution in [-0.4, -0.2) is 32.2 Å². The largest absolute Gasteiger partial charge is 0.391 e. The lowest BCUT2D eigenvalue weighted by Crippen LogP contribution is -2.36. The van der Waals surface area contributed by atoms with Crippen LogP contribution in [0, 0.1) is 6.92 Å².